The molecule has 2 rings (SSSR count). The highest BCUT2D eigenvalue weighted by atomic mass is 19.1. The van der Waals surface area contributed by atoms with E-state index in [2.05, 4.69) is 0 Å². The fourth-order valence-corrected chi connectivity index (χ4v) is 2.43. The van der Waals surface area contributed by atoms with Crippen LogP contribution in [0.2, 0.25) is 0 Å². The van der Waals surface area contributed by atoms with E-state index in [1.807, 2.05) is 6.92 Å². The maximum absolute atomic E-state index is 13.0. The van der Waals surface area contributed by atoms with Crippen LogP contribution in [0.3, 0.4) is 0 Å². The molecule has 1 N–H and O–H groups in total. The molecule has 1 aromatic rings. The Labute approximate surface area is 110 Å². The Kier molecular flexibility index (Phi) is 3.83. The lowest BCUT2D eigenvalue weighted by molar-refractivity contribution is -0.142. The van der Waals surface area contributed by atoms with Crippen molar-refractivity contribution in [1.29, 1.82) is 0 Å². The van der Waals surface area contributed by atoms with Gasteiger partial charge in [0.25, 0.3) is 0 Å². The molecular formula is C14H16FNO3. The van der Waals surface area contributed by atoms with Crippen molar-refractivity contribution in [3.63, 3.8) is 0 Å². The number of carbonyl (C=O) groups excluding carboxylic acids is 1. The van der Waals surface area contributed by atoms with Crippen LogP contribution in [0.25, 0.3) is 0 Å². The Morgan fingerprint density at radius 3 is 2.74 bits per heavy atom. The van der Waals surface area contributed by atoms with Crippen LogP contribution in [0.5, 0.6) is 0 Å². The summed E-state index contributed by atoms with van der Waals surface area (Å²) in [5.74, 6) is -1.94. The molecule has 1 aliphatic rings. The first kappa shape index (κ1) is 13.5. The van der Waals surface area contributed by atoms with Gasteiger partial charge in [0.15, 0.2) is 0 Å². The molecule has 0 radical (unpaired) electrons. The number of hydrogen-bond donors (Lipinski definition) is 1. The van der Waals surface area contributed by atoms with Gasteiger partial charge in [-0.15, -0.1) is 0 Å². The monoisotopic (exact) mass is 265 g/mol. The van der Waals surface area contributed by atoms with Crippen molar-refractivity contribution < 1.29 is 19.1 Å². The summed E-state index contributed by atoms with van der Waals surface area (Å²) in [5, 5.41) is 9.02. The second-order valence-electron chi connectivity index (χ2n) is 5.03. The van der Waals surface area contributed by atoms with Crippen molar-refractivity contribution in [2.24, 2.45) is 11.8 Å². The Balaban J connectivity index is 2.00. The van der Waals surface area contributed by atoms with Gasteiger partial charge in [0.1, 0.15) is 5.82 Å². The zero-order chi connectivity index (χ0) is 14.0. The molecule has 4 nitrogen and oxygen atoms in total. The molecule has 1 amide bonds. The Morgan fingerprint density at radius 2 is 2.16 bits per heavy atom. The molecule has 0 spiro atoms. The first-order valence-electron chi connectivity index (χ1n) is 6.22. The molecule has 0 unspecified atom stereocenters. The number of carboxylic acids is 1. The molecule has 0 saturated carbocycles. The fourth-order valence-electron chi connectivity index (χ4n) is 2.43. The molecule has 102 valence electrons. The number of carbonyl (C=O) groups is 2. The maximum atomic E-state index is 13.0. The predicted octanol–water partition coefficient (Wildman–Crippen LogP) is 1.55. The predicted molar refractivity (Wildman–Crippen MR) is 67.0 cm³/mol. The average molecular weight is 265 g/mol. The van der Waals surface area contributed by atoms with Gasteiger partial charge < -0.3 is 10.0 Å². The molecule has 0 aromatic heterocycles. The Morgan fingerprint density at radius 1 is 1.42 bits per heavy atom. The van der Waals surface area contributed by atoms with E-state index < -0.39 is 11.9 Å². The number of halogens is 1. The number of carboxylic acid groups (broad SMARTS) is 1. The summed E-state index contributed by atoms with van der Waals surface area (Å²) in [5.41, 5.74) is 0.608. The summed E-state index contributed by atoms with van der Waals surface area (Å²) in [6.45, 7) is 2.52. The lowest BCUT2D eigenvalue weighted by Gasteiger charge is -2.15. The zero-order valence-corrected chi connectivity index (χ0v) is 10.7. The van der Waals surface area contributed by atoms with Crippen molar-refractivity contribution >= 4 is 11.9 Å². The van der Waals surface area contributed by atoms with Crippen molar-refractivity contribution in [3.05, 3.63) is 35.6 Å². The summed E-state index contributed by atoms with van der Waals surface area (Å²) < 4.78 is 13.0. The quantitative estimate of drug-likeness (QED) is 0.902. The second kappa shape index (κ2) is 5.38. The molecule has 2 atom stereocenters. The molecule has 0 bridgehead atoms. The van der Waals surface area contributed by atoms with Crippen LogP contribution in [-0.2, 0) is 16.0 Å². The third kappa shape index (κ3) is 3.10. The standard InChI is InChI=1S/C14H16FNO3/c1-9-7-16(8-12(9)14(18)19)13(17)6-10-3-2-4-11(15)5-10/h2-5,9,12H,6-8H2,1H3,(H,18,19)/t9-,12-/m1/s1. The number of amides is 1. The molecule has 0 aliphatic carbocycles. The first-order valence-corrected chi connectivity index (χ1v) is 6.22. The summed E-state index contributed by atoms with van der Waals surface area (Å²) in [6.07, 6.45) is 0.108. The third-order valence-corrected chi connectivity index (χ3v) is 3.53. The lowest BCUT2D eigenvalue weighted by atomic mass is 9.99. The van der Waals surface area contributed by atoms with Crippen LogP contribution in [0.1, 0.15) is 12.5 Å². The zero-order valence-electron chi connectivity index (χ0n) is 10.7. The normalized spacial score (nSPS) is 22.5. The summed E-state index contributed by atoms with van der Waals surface area (Å²) in [4.78, 5) is 24.6. The van der Waals surface area contributed by atoms with E-state index in [-0.39, 0.29) is 30.6 Å². The lowest BCUT2D eigenvalue weighted by Crippen LogP contribution is -2.31. The van der Waals surface area contributed by atoms with Crippen LogP contribution in [0.15, 0.2) is 24.3 Å². The van der Waals surface area contributed by atoms with Crippen LogP contribution >= 0.6 is 0 Å². The van der Waals surface area contributed by atoms with Crippen LogP contribution in [0, 0.1) is 17.7 Å². The largest absolute Gasteiger partial charge is 0.481 e. The van der Waals surface area contributed by atoms with E-state index in [0.29, 0.717) is 12.1 Å². The molecule has 1 aromatic carbocycles. The minimum Gasteiger partial charge on any atom is -0.481 e. The van der Waals surface area contributed by atoms with Crippen LogP contribution in [-0.4, -0.2) is 35.0 Å². The van der Waals surface area contributed by atoms with E-state index in [4.69, 9.17) is 5.11 Å². The van der Waals surface area contributed by atoms with E-state index in [0.717, 1.165) is 0 Å². The van der Waals surface area contributed by atoms with Gasteiger partial charge in [-0.05, 0) is 23.6 Å². The maximum Gasteiger partial charge on any atom is 0.308 e. The van der Waals surface area contributed by atoms with Gasteiger partial charge in [-0.2, -0.15) is 0 Å². The molecule has 5 heteroatoms. The molecular weight excluding hydrogens is 249 g/mol. The van der Waals surface area contributed by atoms with Crippen molar-refractivity contribution in [3.8, 4) is 0 Å². The Bertz CT molecular complexity index is 503. The summed E-state index contributed by atoms with van der Waals surface area (Å²) >= 11 is 0. The SMILES string of the molecule is C[C@@H]1CN(C(=O)Cc2cccc(F)c2)C[C@H]1C(=O)O. The highest BCUT2D eigenvalue weighted by Gasteiger charge is 2.36. The van der Waals surface area contributed by atoms with Gasteiger partial charge in [0.05, 0.1) is 12.3 Å². The van der Waals surface area contributed by atoms with E-state index in [1.54, 1.807) is 17.0 Å². The average Bonchev–Trinajstić information content (AvgIpc) is 2.71. The third-order valence-electron chi connectivity index (χ3n) is 3.53. The number of likely N-dealkylation sites (tertiary alicyclic amines) is 1. The van der Waals surface area contributed by atoms with E-state index >= 15 is 0 Å². The van der Waals surface area contributed by atoms with Gasteiger partial charge in [0, 0.05) is 13.1 Å². The van der Waals surface area contributed by atoms with Gasteiger partial charge in [-0.1, -0.05) is 19.1 Å². The number of aliphatic carboxylic acids is 1. The van der Waals surface area contributed by atoms with Crippen LogP contribution < -0.4 is 0 Å². The topological polar surface area (TPSA) is 57.6 Å². The molecule has 19 heavy (non-hydrogen) atoms. The van der Waals surface area contributed by atoms with Crippen molar-refractivity contribution in [2.75, 3.05) is 13.1 Å². The highest BCUT2D eigenvalue weighted by molar-refractivity contribution is 5.80. The minimum atomic E-state index is -0.867. The molecule has 1 saturated heterocycles. The number of hydrogen-bond acceptors (Lipinski definition) is 2. The summed E-state index contributed by atoms with van der Waals surface area (Å²) in [7, 11) is 0. The van der Waals surface area contributed by atoms with Crippen molar-refractivity contribution in [1.82, 2.24) is 4.90 Å². The van der Waals surface area contributed by atoms with Gasteiger partial charge >= 0.3 is 5.97 Å². The number of nitrogens with zero attached hydrogens (tertiary/aromatic N) is 1. The number of benzene rings is 1. The molecule has 1 heterocycles. The number of rotatable bonds is 3. The summed E-state index contributed by atoms with van der Waals surface area (Å²) in [6, 6.07) is 5.90. The molecule has 1 aliphatic heterocycles. The van der Waals surface area contributed by atoms with Crippen molar-refractivity contribution in [2.45, 2.75) is 13.3 Å². The highest BCUT2D eigenvalue weighted by Crippen LogP contribution is 2.23. The Hall–Kier alpha value is -1.91. The molecule has 1 fully saturated rings. The van der Waals surface area contributed by atoms with E-state index in [9.17, 15) is 14.0 Å². The minimum absolute atomic E-state index is 0.0473. The smallest absolute Gasteiger partial charge is 0.308 e. The fraction of sp³-hybridized carbons (Fsp3) is 0.429. The first-order chi connectivity index (χ1) is 8.97. The van der Waals surface area contributed by atoms with Gasteiger partial charge in [0.2, 0.25) is 5.91 Å². The van der Waals surface area contributed by atoms with Gasteiger partial charge in [-0.3, -0.25) is 9.59 Å². The second-order valence-corrected chi connectivity index (χ2v) is 5.03. The van der Waals surface area contributed by atoms with Crippen LogP contribution in [0.4, 0.5) is 4.39 Å². The van der Waals surface area contributed by atoms with E-state index in [1.165, 1.54) is 12.1 Å². The van der Waals surface area contributed by atoms with Gasteiger partial charge in [-0.25, -0.2) is 4.39 Å².